The van der Waals surface area contributed by atoms with Gasteiger partial charge in [0.25, 0.3) is 0 Å². The highest BCUT2D eigenvalue weighted by molar-refractivity contribution is 5.75. The molecule has 1 saturated carbocycles. The molecule has 2 N–H and O–H groups in total. The summed E-state index contributed by atoms with van der Waals surface area (Å²) >= 11 is 0. The number of carboxylic acid groups (broad SMARTS) is 1. The molecule has 5 nitrogen and oxygen atoms in total. The molecule has 0 saturated heterocycles. The van der Waals surface area contributed by atoms with Gasteiger partial charge in [0.15, 0.2) is 0 Å². The number of carbonyl (C=O) groups is 2. The van der Waals surface area contributed by atoms with Crippen molar-refractivity contribution in [2.45, 2.75) is 64.5 Å². The van der Waals surface area contributed by atoms with Crippen LogP contribution in [0.3, 0.4) is 0 Å². The van der Waals surface area contributed by atoms with Crippen LogP contribution in [0.25, 0.3) is 0 Å². The number of carbonyl (C=O) groups excluding carboxylic acids is 1. The Bertz CT molecular complexity index is 648. The van der Waals surface area contributed by atoms with Gasteiger partial charge in [-0.2, -0.15) is 0 Å². The van der Waals surface area contributed by atoms with Gasteiger partial charge >= 0.3 is 12.0 Å². The Hall–Kier alpha value is -2.04. The third-order valence-electron chi connectivity index (χ3n) is 5.62. The van der Waals surface area contributed by atoms with E-state index in [4.69, 9.17) is 5.11 Å². The van der Waals surface area contributed by atoms with Crippen LogP contribution < -0.4 is 5.32 Å². The van der Waals surface area contributed by atoms with Crippen molar-refractivity contribution in [3.05, 3.63) is 34.9 Å². The summed E-state index contributed by atoms with van der Waals surface area (Å²) in [5, 5.41) is 12.2. The molecule has 0 unspecified atom stereocenters. The van der Waals surface area contributed by atoms with Crippen LogP contribution in [0.2, 0.25) is 0 Å². The Labute approximate surface area is 149 Å². The fourth-order valence-electron chi connectivity index (χ4n) is 4.10. The first-order valence-electron chi connectivity index (χ1n) is 9.34. The van der Waals surface area contributed by atoms with Crippen molar-refractivity contribution in [2.24, 2.45) is 5.92 Å². The molecular weight excluding hydrogens is 316 g/mol. The van der Waals surface area contributed by atoms with Crippen LogP contribution in [-0.4, -0.2) is 34.6 Å². The van der Waals surface area contributed by atoms with Gasteiger partial charge in [0.2, 0.25) is 0 Å². The largest absolute Gasteiger partial charge is 0.481 e. The van der Waals surface area contributed by atoms with Crippen LogP contribution in [0.4, 0.5) is 4.79 Å². The fraction of sp³-hybridized carbons (Fsp3) is 0.600. The number of amides is 2. The Morgan fingerprint density at radius 1 is 1.20 bits per heavy atom. The van der Waals surface area contributed by atoms with Crippen LogP contribution in [0.5, 0.6) is 0 Å². The normalized spacial score (nSPS) is 23.2. The predicted molar refractivity (Wildman–Crippen MR) is 96.6 cm³/mol. The van der Waals surface area contributed by atoms with Gasteiger partial charge in [-0.1, -0.05) is 32.0 Å². The number of hydrogen-bond donors (Lipinski definition) is 2. The second-order valence-electron chi connectivity index (χ2n) is 7.65. The van der Waals surface area contributed by atoms with E-state index in [2.05, 4.69) is 37.4 Å². The van der Waals surface area contributed by atoms with Gasteiger partial charge in [0.1, 0.15) is 0 Å². The molecule has 136 valence electrons. The van der Waals surface area contributed by atoms with Crippen LogP contribution in [0, 0.1) is 5.92 Å². The molecular formula is C20H28N2O3. The minimum absolute atomic E-state index is 0.0145. The number of urea groups is 1. The molecule has 1 aromatic carbocycles. The summed E-state index contributed by atoms with van der Waals surface area (Å²) in [4.78, 5) is 25.5. The van der Waals surface area contributed by atoms with E-state index in [-0.39, 0.29) is 18.0 Å². The van der Waals surface area contributed by atoms with E-state index in [1.54, 1.807) is 0 Å². The summed E-state index contributed by atoms with van der Waals surface area (Å²) in [6, 6.07) is 6.49. The first-order chi connectivity index (χ1) is 12.0. The van der Waals surface area contributed by atoms with E-state index in [1.165, 1.54) is 16.7 Å². The SMILES string of the molecule is CC(C)c1cccc2c1CCN(C(=O)NC1CCC(C(=O)O)CC1)C2. The van der Waals surface area contributed by atoms with Crippen LogP contribution in [0.1, 0.15) is 62.1 Å². The quantitative estimate of drug-likeness (QED) is 0.881. The number of fused-ring (bicyclic) bond motifs is 1. The van der Waals surface area contributed by atoms with Crippen molar-refractivity contribution >= 4 is 12.0 Å². The Morgan fingerprint density at radius 3 is 2.56 bits per heavy atom. The third-order valence-corrected chi connectivity index (χ3v) is 5.62. The van der Waals surface area contributed by atoms with Crippen LogP contribution in [-0.2, 0) is 17.8 Å². The van der Waals surface area contributed by atoms with Crippen molar-refractivity contribution in [3.8, 4) is 0 Å². The molecule has 25 heavy (non-hydrogen) atoms. The summed E-state index contributed by atoms with van der Waals surface area (Å²) in [7, 11) is 0. The number of hydrogen-bond acceptors (Lipinski definition) is 2. The highest BCUT2D eigenvalue weighted by Gasteiger charge is 2.29. The lowest BCUT2D eigenvalue weighted by molar-refractivity contribution is -0.142. The lowest BCUT2D eigenvalue weighted by atomic mass is 9.86. The van der Waals surface area contributed by atoms with Crippen molar-refractivity contribution in [1.82, 2.24) is 10.2 Å². The molecule has 1 heterocycles. The zero-order valence-electron chi connectivity index (χ0n) is 15.1. The van der Waals surface area contributed by atoms with Crippen LogP contribution >= 0.6 is 0 Å². The summed E-state index contributed by atoms with van der Waals surface area (Å²) in [6.07, 6.45) is 3.72. The highest BCUT2D eigenvalue weighted by Crippen LogP contribution is 2.28. The van der Waals surface area contributed by atoms with Crippen molar-refractivity contribution in [1.29, 1.82) is 0 Å². The van der Waals surface area contributed by atoms with Crippen molar-refractivity contribution < 1.29 is 14.7 Å². The fourth-order valence-corrected chi connectivity index (χ4v) is 4.10. The van der Waals surface area contributed by atoms with Gasteiger partial charge in [-0.25, -0.2) is 4.79 Å². The molecule has 2 aliphatic rings. The lowest BCUT2D eigenvalue weighted by Crippen LogP contribution is -2.48. The maximum absolute atomic E-state index is 12.6. The van der Waals surface area contributed by atoms with E-state index in [1.807, 2.05) is 4.90 Å². The van der Waals surface area contributed by atoms with Gasteiger partial charge < -0.3 is 15.3 Å². The number of benzene rings is 1. The van der Waals surface area contributed by atoms with Crippen molar-refractivity contribution in [3.63, 3.8) is 0 Å². The van der Waals surface area contributed by atoms with E-state index in [9.17, 15) is 9.59 Å². The number of nitrogens with zero attached hydrogens (tertiary/aromatic N) is 1. The Kier molecular flexibility index (Phi) is 5.30. The second-order valence-corrected chi connectivity index (χ2v) is 7.65. The van der Waals surface area contributed by atoms with Crippen LogP contribution in [0.15, 0.2) is 18.2 Å². The average Bonchev–Trinajstić information content (AvgIpc) is 2.61. The lowest BCUT2D eigenvalue weighted by Gasteiger charge is -2.33. The van der Waals surface area contributed by atoms with E-state index >= 15 is 0 Å². The summed E-state index contributed by atoms with van der Waals surface area (Å²) in [5.74, 6) is -0.456. The smallest absolute Gasteiger partial charge is 0.317 e. The van der Waals surface area contributed by atoms with Gasteiger partial charge in [0, 0.05) is 19.1 Å². The molecule has 0 atom stereocenters. The second kappa shape index (κ2) is 7.46. The number of aliphatic carboxylic acids is 1. The maximum atomic E-state index is 12.6. The number of nitrogens with one attached hydrogen (secondary N) is 1. The monoisotopic (exact) mass is 344 g/mol. The molecule has 1 fully saturated rings. The summed E-state index contributed by atoms with van der Waals surface area (Å²) in [5.41, 5.74) is 4.05. The van der Waals surface area contributed by atoms with Gasteiger partial charge in [-0.15, -0.1) is 0 Å². The number of carboxylic acids is 1. The molecule has 2 amide bonds. The summed E-state index contributed by atoms with van der Waals surface area (Å²) < 4.78 is 0. The molecule has 0 aromatic heterocycles. The Balaban J connectivity index is 1.58. The summed E-state index contributed by atoms with van der Waals surface area (Å²) in [6.45, 7) is 5.82. The molecule has 1 aromatic rings. The predicted octanol–water partition coefficient (Wildman–Crippen LogP) is 3.52. The molecule has 5 heteroatoms. The molecule has 0 bridgehead atoms. The molecule has 3 rings (SSSR count). The van der Waals surface area contributed by atoms with E-state index < -0.39 is 5.97 Å². The molecule has 1 aliphatic heterocycles. The highest BCUT2D eigenvalue weighted by atomic mass is 16.4. The zero-order valence-corrected chi connectivity index (χ0v) is 15.1. The maximum Gasteiger partial charge on any atom is 0.317 e. The van der Waals surface area contributed by atoms with Crippen molar-refractivity contribution in [2.75, 3.05) is 6.54 Å². The van der Waals surface area contributed by atoms with Gasteiger partial charge in [0.05, 0.1) is 5.92 Å². The minimum atomic E-state index is -0.710. The Morgan fingerprint density at radius 2 is 1.92 bits per heavy atom. The standard InChI is InChI=1S/C20H28N2O3/c1-13(2)17-5-3-4-15-12-22(11-10-18(15)17)20(25)21-16-8-6-14(7-9-16)19(23)24/h3-5,13-14,16H,6-12H2,1-2H3,(H,21,25)(H,23,24). The molecule has 0 spiro atoms. The zero-order chi connectivity index (χ0) is 18.0. The van der Waals surface area contributed by atoms with E-state index in [0.717, 1.165) is 25.8 Å². The molecule has 0 radical (unpaired) electrons. The first-order valence-corrected chi connectivity index (χ1v) is 9.34. The minimum Gasteiger partial charge on any atom is -0.481 e. The number of rotatable bonds is 3. The van der Waals surface area contributed by atoms with Gasteiger partial charge in [-0.05, 0) is 54.7 Å². The van der Waals surface area contributed by atoms with Gasteiger partial charge in [-0.3, -0.25) is 4.79 Å². The topological polar surface area (TPSA) is 69.6 Å². The average molecular weight is 344 g/mol. The first kappa shape index (κ1) is 17.8. The third kappa shape index (κ3) is 3.97. The molecule has 1 aliphatic carbocycles. The van der Waals surface area contributed by atoms with E-state index in [0.29, 0.717) is 25.3 Å².